The van der Waals surface area contributed by atoms with Gasteiger partial charge in [0.25, 0.3) is 5.91 Å². The molecule has 162 valence electrons. The lowest BCUT2D eigenvalue weighted by Crippen LogP contribution is -2.51. The fraction of sp³-hybridized carbons (Fsp3) is 0.481. The number of rotatable bonds is 3. The molecule has 0 N–H and O–H groups in total. The first-order valence-electron chi connectivity index (χ1n) is 11.7. The van der Waals surface area contributed by atoms with Gasteiger partial charge in [0.15, 0.2) is 0 Å². The highest BCUT2D eigenvalue weighted by Gasteiger charge is 2.47. The number of benzene rings is 2. The molecule has 0 atom stereocenters. The van der Waals surface area contributed by atoms with Crippen LogP contribution in [0.3, 0.4) is 0 Å². The summed E-state index contributed by atoms with van der Waals surface area (Å²) < 4.78 is 0. The van der Waals surface area contributed by atoms with E-state index in [4.69, 9.17) is 0 Å². The molecule has 1 saturated heterocycles. The third-order valence-electron chi connectivity index (χ3n) is 7.63. The number of aryl methyl sites for hydroxylation is 2. The third-order valence-corrected chi connectivity index (χ3v) is 7.63. The van der Waals surface area contributed by atoms with Gasteiger partial charge in [-0.2, -0.15) is 0 Å². The molecule has 0 radical (unpaired) electrons. The molecule has 2 aromatic rings. The van der Waals surface area contributed by atoms with E-state index < -0.39 is 0 Å². The molecule has 4 nitrogen and oxygen atoms in total. The van der Waals surface area contributed by atoms with Crippen molar-refractivity contribution in [2.75, 3.05) is 19.6 Å². The molecule has 31 heavy (non-hydrogen) atoms. The first kappa shape index (κ1) is 20.3. The summed E-state index contributed by atoms with van der Waals surface area (Å²) in [5.74, 6) is 1.11. The molecule has 1 spiro atoms. The van der Waals surface area contributed by atoms with Gasteiger partial charge in [-0.25, -0.2) is 0 Å². The van der Waals surface area contributed by atoms with Gasteiger partial charge >= 0.3 is 0 Å². The Morgan fingerprint density at radius 3 is 2.26 bits per heavy atom. The van der Waals surface area contributed by atoms with Crippen LogP contribution in [0.5, 0.6) is 0 Å². The van der Waals surface area contributed by atoms with Crippen LogP contribution in [0.4, 0.5) is 0 Å². The number of carbonyl (C=O) groups is 2. The summed E-state index contributed by atoms with van der Waals surface area (Å²) in [5.41, 5.74) is 5.11. The summed E-state index contributed by atoms with van der Waals surface area (Å²) in [4.78, 5) is 31.2. The Morgan fingerprint density at radius 2 is 1.61 bits per heavy atom. The van der Waals surface area contributed by atoms with Crippen LogP contribution in [0.15, 0.2) is 42.5 Å². The molecule has 0 aromatic heterocycles. The maximum atomic E-state index is 13.8. The average molecular weight is 417 g/mol. The SMILES string of the molecule is Cc1cccc(C)c1C(=O)N1CCC2(CC1)Cc1ccccc1CN(CC1CC1)C2=O. The molecule has 1 aliphatic carbocycles. The van der Waals surface area contributed by atoms with Crippen molar-refractivity contribution in [2.24, 2.45) is 11.3 Å². The van der Waals surface area contributed by atoms with Crippen LogP contribution in [0, 0.1) is 25.2 Å². The molecule has 2 aromatic carbocycles. The number of fused-ring (bicyclic) bond motifs is 1. The maximum absolute atomic E-state index is 13.8. The predicted molar refractivity (Wildman–Crippen MR) is 122 cm³/mol. The van der Waals surface area contributed by atoms with E-state index in [9.17, 15) is 9.59 Å². The summed E-state index contributed by atoms with van der Waals surface area (Å²) in [6.07, 6.45) is 4.79. The highest BCUT2D eigenvalue weighted by molar-refractivity contribution is 5.97. The zero-order chi connectivity index (χ0) is 21.6. The quantitative estimate of drug-likeness (QED) is 0.738. The maximum Gasteiger partial charge on any atom is 0.254 e. The summed E-state index contributed by atoms with van der Waals surface area (Å²) in [6.45, 7) is 6.94. The van der Waals surface area contributed by atoms with E-state index in [2.05, 4.69) is 29.2 Å². The third kappa shape index (κ3) is 3.77. The Bertz CT molecular complexity index is 995. The topological polar surface area (TPSA) is 40.6 Å². The molecule has 2 heterocycles. The van der Waals surface area contributed by atoms with Crippen LogP contribution >= 0.6 is 0 Å². The minimum atomic E-state index is -0.376. The van der Waals surface area contributed by atoms with Crippen LogP contribution < -0.4 is 0 Å². The van der Waals surface area contributed by atoms with Gasteiger partial charge in [0, 0.05) is 31.7 Å². The molecule has 3 aliphatic rings. The molecule has 1 saturated carbocycles. The standard InChI is InChI=1S/C27H32N2O2/c1-19-6-5-7-20(2)24(19)25(30)28-14-12-27(13-15-28)16-22-8-3-4-9-23(22)18-29(26(27)31)17-21-10-11-21/h3-9,21H,10-18H2,1-2H3. The highest BCUT2D eigenvalue weighted by atomic mass is 16.2. The number of hydrogen-bond donors (Lipinski definition) is 0. The zero-order valence-electron chi connectivity index (χ0n) is 18.7. The van der Waals surface area contributed by atoms with E-state index in [1.807, 2.05) is 36.9 Å². The second-order valence-corrected chi connectivity index (χ2v) is 9.91. The molecule has 2 aliphatic heterocycles. The van der Waals surface area contributed by atoms with Gasteiger partial charge in [-0.1, -0.05) is 42.5 Å². The molecular formula is C27H32N2O2. The summed E-state index contributed by atoms with van der Waals surface area (Å²) in [6, 6.07) is 14.6. The number of likely N-dealkylation sites (tertiary alicyclic amines) is 1. The number of amides is 2. The van der Waals surface area contributed by atoms with Gasteiger partial charge < -0.3 is 9.80 Å². The van der Waals surface area contributed by atoms with Crippen molar-refractivity contribution >= 4 is 11.8 Å². The molecule has 2 amide bonds. The monoisotopic (exact) mass is 416 g/mol. The normalized spacial score (nSPS) is 20.5. The number of carbonyl (C=O) groups excluding carboxylic acids is 2. The van der Waals surface area contributed by atoms with Crippen LogP contribution in [0.2, 0.25) is 0 Å². The molecular weight excluding hydrogens is 384 g/mol. The number of hydrogen-bond acceptors (Lipinski definition) is 2. The van der Waals surface area contributed by atoms with E-state index in [1.165, 1.54) is 24.0 Å². The van der Waals surface area contributed by atoms with Crippen molar-refractivity contribution < 1.29 is 9.59 Å². The van der Waals surface area contributed by atoms with Crippen LogP contribution in [-0.4, -0.2) is 41.2 Å². The van der Waals surface area contributed by atoms with Gasteiger partial charge in [0.05, 0.1) is 5.41 Å². The fourth-order valence-corrected chi connectivity index (χ4v) is 5.54. The van der Waals surface area contributed by atoms with Gasteiger partial charge in [-0.3, -0.25) is 9.59 Å². The molecule has 2 fully saturated rings. The Hall–Kier alpha value is -2.62. The summed E-state index contributed by atoms with van der Waals surface area (Å²) >= 11 is 0. The predicted octanol–water partition coefficient (Wildman–Crippen LogP) is 4.52. The molecule has 4 heteroatoms. The molecule has 0 unspecified atom stereocenters. The van der Waals surface area contributed by atoms with E-state index in [1.54, 1.807) is 0 Å². The lowest BCUT2D eigenvalue weighted by atomic mass is 9.72. The second kappa shape index (κ2) is 7.81. The first-order chi connectivity index (χ1) is 15.0. The number of piperidine rings is 1. The van der Waals surface area contributed by atoms with Crippen LogP contribution in [-0.2, 0) is 17.8 Å². The highest BCUT2D eigenvalue weighted by Crippen LogP contribution is 2.42. The minimum Gasteiger partial charge on any atom is -0.339 e. The van der Waals surface area contributed by atoms with Gasteiger partial charge in [-0.05, 0) is 74.1 Å². The fourth-order valence-electron chi connectivity index (χ4n) is 5.54. The van der Waals surface area contributed by atoms with Crippen molar-refractivity contribution in [2.45, 2.75) is 52.5 Å². The van der Waals surface area contributed by atoms with Crippen molar-refractivity contribution in [3.8, 4) is 0 Å². The average Bonchev–Trinajstić information content (AvgIpc) is 3.59. The van der Waals surface area contributed by atoms with E-state index in [0.717, 1.165) is 49.0 Å². The largest absolute Gasteiger partial charge is 0.339 e. The van der Waals surface area contributed by atoms with E-state index >= 15 is 0 Å². The van der Waals surface area contributed by atoms with Crippen molar-refractivity contribution in [3.05, 3.63) is 70.3 Å². The zero-order valence-corrected chi connectivity index (χ0v) is 18.7. The second-order valence-electron chi connectivity index (χ2n) is 9.91. The van der Waals surface area contributed by atoms with E-state index in [0.29, 0.717) is 24.9 Å². The van der Waals surface area contributed by atoms with Gasteiger partial charge in [0.1, 0.15) is 0 Å². The van der Waals surface area contributed by atoms with Crippen LogP contribution in [0.1, 0.15) is 58.3 Å². The van der Waals surface area contributed by atoms with Gasteiger partial charge in [0.2, 0.25) is 5.91 Å². The summed E-state index contributed by atoms with van der Waals surface area (Å²) in [7, 11) is 0. The number of nitrogens with zero attached hydrogens (tertiary/aromatic N) is 2. The van der Waals surface area contributed by atoms with Crippen molar-refractivity contribution in [3.63, 3.8) is 0 Å². The molecule has 5 rings (SSSR count). The lowest BCUT2D eigenvalue weighted by Gasteiger charge is -2.42. The van der Waals surface area contributed by atoms with Crippen molar-refractivity contribution in [1.29, 1.82) is 0 Å². The Morgan fingerprint density at radius 1 is 0.968 bits per heavy atom. The Labute approximate surface area is 185 Å². The molecule has 0 bridgehead atoms. The first-order valence-corrected chi connectivity index (χ1v) is 11.7. The summed E-state index contributed by atoms with van der Waals surface area (Å²) in [5, 5.41) is 0. The van der Waals surface area contributed by atoms with Crippen molar-refractivity contribution in [1.82, 2.24) is 9.80 Å². The van der Waals surface area contributed by atoms with E-state index in [-0.39, 0.29) is 11.3 Å². The Kier molecular flexibility index (Phi) is 5.11. The lowest BCUT2D eigenvalue weighted by molar-refractivity contribution is -0.145. The van der Waals surface area contributed by atoms with Crippen LogP contribution in [0.25, 0.3) is 0 Å². The smallest absolute Gasteiger partial charge is 0.254 e. The minimum absolute atomic E-state index is 0.113. The Balaban J connectivity index is 1.39. The van der Waals surface area contributed by atoms with Gasteiger partial charge in [-0.15, -0.1) is 0 Å².